The van der Waals surface area contributed by atoms with E-state index in [1.165, 1.54) is 4.90 Å². The standard InChI is InChI=1S/C14H16F3N3O2/c1-21-10-2-3-12-11(6-10)19-13(22-12)18-9-4-5-20(7-9)8-14(15,16)17/h2-3,6,9H,4-5,7-8H2,1H3,(H,18,19). The lowest BCUT2D eigenvalue weighted by Crippen LogP contribution is -2.34. The molecule has 1 fully saturated rings. The Kier molecular flexibility index (Phi) is 3.86. The van der Waals surface area contributed by atoms with Crippen LogP contribution in [0.5, 0.6) is 5.75 Å². The summed E-state index contributed by atoms with van der Waals surface area (Å²) >= 11 is 0. The highest BCUT2D eigenvalue weighted by Crippen LogP contribution is 2.25. The average Bonchev–Trinajstić information content (AvgIpc) is 3.02. The van der Waals surface area contributed by atoms with E-state index in [-0.39, 0.29) is 6.04 Å². The lowest BCUT2D eigenvalue weighted by atomic mass is 10.3. The normalized spacial score (nSPS) is 19.7. The minimum atomic E-state index is -4.16. The number of aromatic nitrogens is 1. The Morgan fingerprint density at radius 2 is 2.27 bits per heavy atom. The summed E-state index contributed by atoms with van der Waals surface area (Å²) in [5.41, 5.74) is 1.25. The van der Waals surface area contributed by atoms with E-state index in [0.717, 1.165) is 0 Å². The second-order valence-corrected chi connectivity index (χ2v) is 5.33. The first-order valence-electron chi connectivity index (χ1n) is 6.93. The van der Waals surface area contributed by atoms with Crippen LogP contribution in [0, 0.1) is 0 Å². The Balaban J connectivity index is 1.64. The number of nitrogens with one attached hydrogen (secondary N) is 1. The first-order valence-corrected chi connectivity index (χ1v) is 6.93. The number of alkyl halides is 3. The zero-order valence-electron chi connectivity index (χ0n) is 12.0. The molecular weight excluding hydrogens is 299 g/mol. The van der Waals surface area contributed by atoms with Crippen LogP contribution in [0.3, 0.4) is 0 Å². The van der Waals surface area contributed by atoms with E-state index < -0.39 is 12.7 Å². The molecule has 1 aromatic heterocycles. The molecule has 0 bridgehead atoms. The summed E-state index contributed by atoms with van der Waals surface area (Å²) in [6, 6.07) is 5.48. The van der Waals surface area contributed by atoms with Gasteiger partial charge < -0.3 is 14.5 Å². The maximum atomic E-state index is 12.4. The number of nitrogens with zero attached hydrogens (tertiary/aromatic N) is 2. The molecule has 1 aliphatic heterocycles. The highest BCUT2D eigenvalue weighted by molar-refractivity contribution is 5.76. The number of oxazole rings is 1. The smallest absolute Gasteiger partial charge is 0.401 e. The molecule has 1 aromatic carbocycles. The minimum absolute atomic E-state index is 0.0997. The fourth-order valence-electron chi connectivity index (χ4n) is 2.62. The largest absolute Gasteiger partial charge is 0.497 e. The van der Waals surface area contributed by atoms with Gasteiger partial charge in [0.25, 0.3) is 6.01 Å². The van der Waals surface area contributed by atoms with Crippen molar-refractivity contribution in [2.24, 2.45) is 0 Å². The van der Waals surface area contributed by atoms with Gasteiger partial charge in [0, 0.05) is 25.2 Å². The molecule has 5 nitrogen and oxygen atoms in total. The summed E-state index contributed by atoms with van der Waals surface area (Å²) in [4.78, 5) is 5.66. The highest BCUT2D eigenvalue weighted by Gasteiger charge is 2.34. The van der Waals surface area contributed by atoms with Crippen LogP contribution < -0.4 is 10.1 Å². The van der Waals surface area contributed by atoms with Gasteiger partial charge in [-0.25, -0.2) is 0 Å². The van der Waals surface area contributed by atoms with Crippen LogP contribution >= 0.6 is 0 Å². The van der Waals surface area contributed by atoms with E-state index in [4.69, 9.17) is 9.15 Å². The third kappa shape index (κ3) is 3.44. The zero-order valence-corrected chi connectivity index (χ0v) is 12.0. The van der Waals surface area contributed by atoms with Crippen molar-refractivity contribution in [1.29, 1.82) is 0 Å². The zero-order chi connectivity index (χ0) is 15.7. The lowest BCUT2D eigenvalue weighted by Gasteiger charge is -2.17. The van der Waals surface area contributed by atoms with E-state index in [2.05, 4.69) is 10.3 Å². The molecule has 120 valence electrons. The van der Waals surface area contributed by atoms with E-state index in [9.17, 15) is 13.2 Å². The third-order valence-corrected chi connectivity index (χ3v) is 3.60. The van der Waals surface area contributed by atoms with Crippen LogP contribution in [0.4, 0.5) is 19.2 Å². The molecule has 8 heteroatoms. The maximum Gasteiger partial charge on any atom is 0.401 e. The van der Waals surface area contributed by atoms with Crippen LogP contribution in [0.2, 0.25) is 0 Å². The lowest BCUT2D eigenvalue weighted by molar-refractivity contribution is -0.143. The van der Waals surface area contributed by atoms with Gasteiger partial charge in [-0.1, -0.05) is 0 Å². The molecular formula is C14H16F3N3O2. The molecule has 0 spiro atoms. The molecule has 0 saturated carbocycles. The SMILES string of the molecule is COc1ccc2oc(NC3CCN(CC(F)(F)F)C3)nc2c1. The Bertz CT molecular complexity index is 656. The molecule has 0 aliphatic carbocycles. The van der Waals surface area contributed by atoms with Crippen LogP contribution in [0.1, 0.15) is 6.42 Å². The fourth-order valence-corrected chi connectivity index (χ4v) is 2.62. The summed E-state index contributed by atoms with van der Waals surface area (Å²) < 4.78 is 47.8. The van der Waals surface area contributed by atoms with Crippen LogP contribution in [0.15, 0.2) is 22.6 Å². The number of methoxy groups -OCH3 is 1. The topological polar surface area (TPSA) is 50.5 Å². The van der Waals surface area contributed by atoms with E-state index in [1.54, 1.807) is 25.3 Å². The molecule has 1 unspecified atom stereocenters. The molecule has 3 rings (SSSR count). The van der Waals surface area contributed by atoms with Gasteiger partial charge >= 0.3 is 6.18 Å². The molecule has 1 aliphatic rings. The van der Waals surface area contributed by atoms with Gasteiger partial charge in [-0.05, 0) is 18.6 Å². The highest BCUT2D eigenvalue weighted by atomic mass is 19.4. The van der Waals surface area contributed by atoms with Crippen LogP contribution in [-0.2, 0) is 0 Å². The summed E-state index contributed by atoms with van der Waals surface area (Å²) in [7, 11) is 1.56. The van der Waals surface area contributed by atoms with Crippen molar-refractivity contribution in [1.82, 2.24) is 9.88 Å². The first kappa shape index (κ1) is 15.0. The third-order valence-electron chi connectivity index (χ3n) is 3.60. The number of ether oxygens (including phenoxy) is 1. The van der Waals surface area contributed by atoms with Crippen molar-refractivity contribution in [3.63, 3.8) is 0 Å². The summed E-state index contributed by atoms with van der Waals surface area (Å²) in [5, 5.41) is 3.06. The monoisotopic (exact) mass is 315 g/mol. The Morgan fingerprint density at radius 1 is 1.45 bits per heavy atom. The predicted octanol–water partition coefficient (Wildman–Crippen LogP) is 2.88. The maximum absolute atomic E-state index is 12.4. The number of fused-ring (bicyclic) bond motifs is 1. The molecule has 1 atom stereocenters. The Labute approximate surface area is 125 Å². The van der Waals surface area contributed by atoms with E-state index >= 15 is 0 Å². The van der Waals surface area contributed by atoms with Crippen molar-refractivity contribution in [3.8, 4) is 5.75 Å². The van der Waals surface area contributed by atoms with Crippen molar-refractivity contribution in [2.45, 2.75) is 18.6 Å². The Hall–Kier alpha value is -1.96. The minimum Gasteiger partial charge on any atom is -0.497 e. The van der Waals surface area contributed by atoms with Crippen molar-refractivity contribution in [2.75, 3.05) is 32.1 Å². The van der Waals surface area contributed by atoms with Gasteiger partial charge in [0.2, 0.25) is 0 Å². The molecule has 0 amide bonds. The van der Waals surface area contributed by atoms with Crippen molar-refractivity contribution >= 4 is 17.1 Å². The van der Waals surface area contributed by atoms with Gasteiger partial charge in [0.15, 0.2) is 5.58 Å². The average molecular weight is 315 g/mol. The molecule has 2 heterocycles. The van der Waals surface area contributed by atoms with Crippen LogP contribution in [-0.4, -0.2) is 48.8 Å². The number of anilines is 1. The fraction of sp³-hybridized carbons (Fsp3) is 0.500. The number of rotatable bonds is 4. The second kappa shape index (κ2) is 5.68. The number of benzene rings is 1. The summed E-state index contributed by atoms with van der Waals surface area (Å²) in [5.74, 6) is 0.671. The summed E-state index contributed by atoms with van der Waals surface area (Å²) in [6.07, 6.45) is -3.54. The molecule has 22 heavy (non-hydrogen) atoms. The predicted molar refractivity (Wildman–Crippen MR) is 75.1 cm³/mol. The Morgan fingerprint density at radius 3 is 3.00 bits per heavy atom. The van der Waals surface area contributed by atoms with Crippen molar-refractivity contribution in [3.05, 3.63) is 18.2 Å². The number of hydrogen-bond donors (Lipinski definition) is 1. The summed E-state index contributed by atoms with van der Waals surface area (Å²) in [6.45, 7) is -0.150. The van der Waals surface area contributed by atoms with E-state index in [1.807, 2.05) is 0 Å². The molecule has 0 radical (unpaired) electrons. The van der Waals surface area contributed by atoms with Crippen LogP contribution in [0.25, 0.3) is 11.1 Å². The number of likely N-dealkylation sites (tertiary alicyclic amines) is 1. The first-order chi connectivity index (χ1) is 10.4. The van der Waals surface area contributed by atoms with Crippen molar-refractivity contribution < 1.29 is 22.3 Å². The second-order valence-electron chi connectivity index (χ2n) is 5.33. The van der Waals surface area contributed by atoms with E-state index in [0.29, 0.717) is 42.4 Å². The molecule has 2 aromatic rings. The molecule has 1 N–H and O–H groups in total. The number of hydrogen-bond acceptors (Lipinski definition) is 5. The van der Waals surface area contributed by atoms with Gasteiger partial charge in [0.05, 0.1) is 13.7 Å². The van der Waals surface area contributed by atoms with Gasteiger partial charge in [-0.2, -0.15) is 18.2 Å². The van der Waals surface area contributed by atoms with Gasteiger partial charge in [-0.15, -0.1) is 0 Å². The quantitative estimate of drug-likeness (QED) is 0.940. The molecule has 1 saturated heterocycles. The number of halogens is 3. The van der Waals surface area contributed by atoms with Gasteiger partial charge in [-0.3, -0.25) is 4.90 Å². The van der Waals surface area contributed by atoms with Gasteiger partial charge in [0.1, 0.15) is 11.3 Å².